The summed E-state index contributed by atoms with van der Waals surface area (Å²) in [6, 6.07) is 10.2. The average molecular weight is 411 g/mol. The monoisotopic (exact) mass is 411 g/mol. The van der Waals surface area contributed by atoms with E-state index >= 15 is 0 Å². The topological polar surface area (TPSA) is 69.7 Å². The summed E-state index contributed by atoms with van der Waals surface area (Å²) in [7, 11) is 3.32. The molecule has 1 aliphatic heterocycles. The van der Waals surface area contributed by atoms with Gasteiger partial charge in [-0.15, -0.1) is 0 Å². The Morgan fingerprint density at radius 2 is 1.80 bits per heavy atom. The Bertz CT molecular complexity index is 957. The Kier molecular flexibility index (Phi) is 6.50. The van der Waals surface area contributed by atoms with Crippen molar-refractivity contribution in [3.8, 4) is 0 Å². The lowest BCUT2D eigenvalue weighted by Gasteiger charge is -2.37. The number of nitrogens with zero attached hydrogens (tertiary/aromatic N) is 2. The van der Waals surface area contributed by atoms with Gasteiger partial charge in [-0.3, -0.25) is 14.4 Å². The minimum atomic E-state index is -0.648. The van der Waals surface area contributed by atoms with Crippen molar-refractivity contribution >= 4 is 23.4 Å². The number of carbonyl (C=O) groups excluding carboxylic acids is 3. The third-order valence-electron chi connectivity index (χ3n) is 5.18. The van der Waals surface area contributed by atoms with E-state index in [9.17, 15) is 18.8 Å². The van der Waals surface area contributed by atoms with Crippen LogP contribution in [-0.4, -0.2) is 47.7 Å². The number of halogens is 1. The van der Waals surface area contributed by atoms with Gasteiger partial charge in [0.2, 0.25) is 11.8 Å². The molecule has 3 amide bonds. The van der Waals surface area contributed by atoms with Gasteiger partial charge in [0.25, 0.3) is 5.91 Å². The SMILES string of the molecule is CCCC(=O)Nc1ccc2c(c1)CN(C(=O)c1ccc(F)cc1)[C@H](C(=O)N(C)C)C2. The Morgan fingerprint density at radius 1 is 1.10 bits per heavy atom. The van der Waals surface area contributed by atoms with E-state index in [2.05, 4.69) is 5.32 Å². The van der Waals surface area contributed by atoms with Gasteiger partial charge in [0.15, 0.2) is 0 Å². The molecule has 1 N–H and O–H groups in total. The van der Waals surface area contributed by atoms with Crippen LogP contribution >= 0.6 is 0 Å². The maximum absolute atomic E-state index is 13.3. The number of amides is 3. The molecular formula is C23H26FN3O3. The molecule has 1 aliphatic rings. The van der Waals surface area contributed by atoms with E-state index in [1.807, 2.05) is 25.1 Å². The zero-order valence-corrected chi connectivity index (χ0v) is 17.4. The molecule has 6 nitrogen and oxygen atoms in total. The maximum atomic E-state index is 13.3. The molecule has 158 valence electrons. The zero-order chi connectivity index (χ0) is 21.8. The van der Waals surface area contributed by atoms with Crippen molar-refractivity contribution in [2.75, 3.05) is 19.4 Å². The fourth-order valence-corrected chi connectivity index (χ4v) is 3.60. The summed E-state index contributed by atoms with van der Waals surface area (Å²) in [4.78, 5) is 40.9. The predicted octanol–water partition coefficient (Wildman–Crippen LogP) is 3.22. The molecule has 3 rings (SSSR count). The summed E-state index contributed by atoms with van der Waals surface area (Å²) < 4.78 is 13.3. The lowest BCUT2D eigenvalue weighted by Crippen LogP contribution is -2.52. The first kappa shape index (κ1) is 21.5. The highest BCUT2D eigenvalue weighted by molar-refractivity contribution is 5.98. The first-order valence-corrected chi connectivity index (χ1v) is 9.99. The van der Waals surface area contributed by atoms with E-state index in [4.69, 9.17) is 0 Å². The van der Waals surface area contributed by atoms with Crippen molar-refractivity contribution < 1.29 is 18.8 Å². The third kappa shape index (κ3) is 4.67. The number of anilines is 1. The smallest absolute Gasteiger partial charge is 0.254 e. The van der Waals surface area contributed by atoms with Crippen LogP contribution in [0.4, 0.5) is 10.1 Å². The Balaban J connectivity index is 1.92. The number of hydrogen-bond acceptors (Lipinski definition) is 3. The van der Waals surface area contributed by atoms with Crippen molar-refractivity contribution in [3.63, 3.8) is 0 Å². The van der Waals surface area contributed by atoms with Gasteiger partial charge in [-0.1, -0.05) is 13.0 Å². The summed E-state index contributed by atoms with van der Waals surface area (Å²) in [5.74, 6) is -0.991. The van der Waals surface area contributed by atoms with E-state index in [1.165, 1.54) is 34.1 Å². The molecule has 7 heteroatoms. The lowest BCUT2D eigenvalue weighted by molar-refractivity contribution is -0.134. The molecule has 0 saturated carbocycles. The number of fused-ring (bicyclic) bond motifs is 1. The minimum Gasteiger partial charge on any atom is -0.347 e. The van der Waals surface area contributed by atoms with Crippen molar-refractivity contribution in [1.29, 1.82) is 0 Å². The van der Waals surface area contributed by atoms with Crippen LogP contribution in [0.1, 0.15) is 41.3 Å². The van der Waals surface area contributed by atoms with E-state index in [0.29, 0.717) is 24.1 Å². The molecule has 0 saturated heterocycles. The van der Waals surface area contributed by atoms with Gasteiger partial charge in [0.05, 0.1) is 0 Å². The maximum Gasteiger partial charge on any atom is 0.254 e. The number of rotatable bonds is 5. The first-order valence-electron chi connectivity index (χ1n) is 9.99. The van der Waals surface area contributed by atoms with Crippen LogP contribution in [0.2, 0.25) is 0 Å². The van der Waals surface area contributed by atoms with Gasteiger partial charge in [-0.05, 0) is 53.9 Å². The Labute approximate surface area is 175 Å². The van der Waals surface area contributed by atoms with Gasteiger partial charge >= 0.3 is 0 Å². The van der Waals surface area contributed by atoms with Gasteiger partial charge < -0.3 is 15.1 Å². The minimum absolute atomic E-state index is 0.0619. The molecule has 30 heavy (non-hydrogen) atoms. The van der Waals surface area contributed by atoms with Crippen LogP contribution in [0.5, 0.6) is 0 Å². The average Bonchev–Trinajstić information content (AvgIpc) is 2.72. The molecule has 0 aliphatic carbocycles. The van der Waals surface area contributed by atoms with E-state index in [0.717, 1.165) is 17.5 Å². The molecule has 0 bridgehead atoms. The summed E-state index contributed by atoms with van der Waals surface area (Å²) in [6.07, 6.45) is 1.57. The molecule has 0 fully saturated rings. The van der Waals surface area contributed by atoms with Crippen molar-refractivity contribution in [3.05, 3.63) is 65.0 Å². The fourth-order valence-electron chi connectivity index (χ4n) is 3.60. The van der Waals surface area contributed by atoms with Crippen molar-refractivity contribution in [1.82, 2.24) is 9.80 Å². The van der Waals surface area contributed by atoms with Crippen LogP contribution in [-0.2, 0) is 22.6 Å². The third-order valence-corrected chi connectivity index (χ3v) is 5.18. The highest BCUT2D eigenvalue weighted by atomic mass is 19.1. The molecule has 0 radical (unpaired) electrons. The molecule has 0 unspecified atom stereocenters. The van der Waals surface area contributed by atoms with Gasteiger partial charge in [0.1, 0.15) is 11.9 Å². The second kappa shape index (κ2) is 9.07. The highest BCUT2D eigenvalue weighted by Crippen LogP contribution is 2.28. The number of hydrogen-bond donors (Lipinski definition) is 1. The Morgan fingerprint density at radius 3 is 2.43 bits per heavy atom. The van der Waals surface area contributed by atoms with Crippen LogP contribution in [0, 0.1) is 5.82 Å². The Hall–Kier alpha value is -3.22. The predicted molar refractivity (Wildman–Crippen MR) is 112 cm³/mol. The molecule has 0 aromatic heterocycles. The second-order valence-electron chi connectivity index (χ2n) is 7.67. The quantitative estimate of drug-likeness (QED) is 0.821. The molecule has 1 atom stereocenters. The molecule has 0 spiro atoms. The normalized spacial score (nSPS) is 15.3. The summed E-state index contributed by atoms with van der Waals surface area (Å²) in [5, 5.41) is 2.87. The summed E-state index contributed by atoms with van der Waals surface area (Å²) >= 11 is 0. The molecule has 2 aromatic rings. The van der Waals surface area contributed by atoms with Crippen molar-refractivity contribution in [2.24, 2.45) is 0 Å². The van der Waals surface area contributed by atoms with Crippen LogP contribution in [0.3, 0.4) is 0 Å². The first-order chi connectivity index (χ1) is 14.3. The number of carbonyl (C=O) groups is 3. The second-order valence-corrected chi connectivity index (χ2v) is 7.67. The lowest BCUT2D eigenvalue weighted by atomic mass is 9.92. The van der Waals surface area contributed by atoms with E-state index in [-0.39, 0.29) is 24.3 Å². The largest absolute Gasteiger partial charge is 0.347 e. The number of benzene rings is 2. The number of likely N-dealkylation sites (N-methyl/N-ethyl adjacent to an activating group) is 1. The highest BCUT2D eigenvalue weighted by Gasteiger charge is 2.36. The van der Waals surface area contributed by atoms with Crippen LogP contribution in [0.25, 0.3) is 0 Å². The zero-order valence-electron chi connectivity index (χ0n) is 17.4. The van der Waals surface area contributed by atoms with E-state index in [1.54, 1.807) is 14.1 Å². The standard InChI is InChI=1S/C23H26FN3O3/c1-4-5-21(28)25-19-11-8-16-13-20(23(30)26(2)3)27(14-17(16)12-19)22(29)15-6-9-18(24)10-7-15/h6-12,20H,4-5,13-14H2,1-3H3,(H,25,28)/t20-/m0/s1. The van der Waals surface area contributed by atoms with Crippen LogP contribution < -0.4 is 5.32 Å². The number of nitrogens with one attached hydrogen (secondary N) is 1. The molecule has 2 aromatic carbocycles. The van der Waals surface area contributed by atoms with Gasteiger partial charge in [-0.2, -0.15) is 0 Å². The van der Waals surface area contributed by atoms with Gasteiger partial charge in [0, 0.05) is 44.7 Å². The van der Waals surface area contributed by atoms with E-state index < -0.39 is 11.9 Å². The summed E-state index contributed by atoms with van der Waals surface area (Å²) in [6.45, 7) is 2.17. The molecule has 1 heterocycles. The fraction of sp³-hybridized carbons (Fsp3) is 0.348. The van der Waals surface area contributed by atoms with Crippen LogP contribution in [0.15, 0.2) is 42.5 Å². The molecular weight excluding hydrogens is 385 g/mol. The van der Waals surface area contributed by atoms with Gasteiger partial charge in [-0.25, -0.2) is 4.39 Å². The van der Waals surface area contributed by atoms with Crippen molar-refractivity contribution in [2.45, 2.75) is 38.8 Å². The summed E-state index contributed by atoms with van der Waals surface area (Å²) in [5.41, 5.74) is 2.83.